The zero-order chi connectivity index (χ0) is 14.7. The fourth-order valence-electron chi connectivity index (χ4n) is 2.42. The summed E-state index contributed by atoms with van der Waals surface area (Å²) in [7, 11) is 1.93. The Kier molecular flexibility index (Phi) is 3.73. The van der Waals surface area contributed by atoms with E-state index in [1.165, 1.54) is 0 Å². The second-order valence-corrected chi connectivity index (χ2v) is 4.78. The minimum atomic E-state index is 0.663. The maximum Gasteiger partial charge on any atom is 0.120 e. The number of nitrogens with zero attached hydrogens (tertiary/aromatic N) is 1. The molecule has 1 aromatic heterocycles. The van der Waals surface area contributed by atoms with Crippen LogP contribution in [0.5, 0.6) is 5.75 Å². The van der Waals surface area contributed by atoms with Gasteiger partial charge >= 0.3 is 0 Å². The molecule has 0 radical (unpaired) electrons. The summed E-state index contributed by atoms with van der Waals surface area (Å²) in [6.07, 6.45) is 0. The molecule has 0 fully saturated rings. The van der Waals surface area contributed by atoms with Crippen LogP contribution in [-0.2, 0) is 0 Å². The number of hydrogen-bond acceptors (Lipinski definition) is 3. The summed E-state index contributed by atoms with van der Waals surface area (Å²) in [5, 5.41) is 4.33. The molecule has 0 saturated heterocycles. The van der Waals surface area contributed by atoms with E-state index in [1.54, 1.807) is 0 Å². The standard InChI is InChI=1S/C18H18N2O/c1-3-21-14-9-10-16-15(11-14)18(19-2)12-17(20-16)13-7-5-4-6-8-13/h4-12H,3H2,1-2H3,(H,19,20). The van der Waals surface area contributed by atoms with Crippen LogP contribution in [0.4, 0.5) is 5.69 Å². The number of ether oxygens (including phenoxy) is 1. The van der Waals surface area contributed by atoms with Crippen LogP contribution in [0.25, 0.3) is 22.2 Å². The van der Waals surface area contributed by atoms with E-state index in [1.807, 2.05) is 50.4 Å². The Hall–Kier alpha value is -2.55. The molecular weight excluding hydrogens is 260 g/mol. The highest BCUT2D eigenvalue weighted by molar-refractivity contribution is 5.94. The lowest BCUT2D eigenvalue weighted by molar-refractivity contribution is 0.340. The predicted octanol–water partition coefficient (Wildman–Crippen LogP) is 4.34. The molecule has 2 aromatic carbocycles. The smallest absolute Gasteiger partial charge is 0.120 e. The second-order valence-electron chi connectivity index (χ2n) is 4.78. The van der Waals surface area contributed by atoms with Gasteiger partial charge in [-0.3, -0.25) is 0 Å². The Balaban J connectivity index is 2.16. The number of nitrogens with one attached hydrogen (secondary N) is 1. The molecule has 3 rings (SSSR count). The Morgan fingerprint density at radius 2 is 1.86 bits per heavy atom. The SMILES string of the molecule is CCOc1ccc2nc(-c3ccccc3)cc(NC)c2c1. The summed E-state index contributed by atoms with van der Waals surface area (Å²) in [4.78, 5) is 4.76. The molecule has 3 nitrogen and oxygen atoms in total. The van der Waals surface area contributed by atoms with Crippen LogP contribution in [0.15, 0.2) is 54.6 Å². The third-order valence-electron chi connectivity index (χ3n) is 3.43. The molecule has 0 aliphatic heterocycles. The van der Waals surface area contributed by atoms with Crippen molar-refractivity contribution in [3.8, 4) is 17.0 Å². The van der Waals surface area contributed by atoms with Crippen LogP contribution in [0.1, 0.15) is 6.92 Å². The third kappa shape index (κ3) is 2.68. The fraction of sp³-hybridized carbons (Fsp3) is 0.167. The van der Waals surface area contributed by atoms with Crippen molar-refractivity contribution in [3.63, 3.8) is 0 Å². The van der Waals surface area contributed by atoms with E-state index in [4.69, 9.17) is 9.72 Å². The Morgan fingerprint density at radius 1 is 1.05 bits per heavy atom. The number of anilines is 1. The first-order valence-corrected chi connectivity index (χ1v) is 7.12. The largest absolute Gasteiger partial charge is 0.494 e. The quantitative estimate of drug-likeness (QED) is 0.770. The van der Waals surface area contributed by atoms with Gasteiger partial charge in [-0.2, -0.15) is 0 Å². The molecule has 0 amide bonds. The van der Waals surface area contributed by atoms with Crippen molar-refractivity contribution in [2.45, 2.75) is 6.92 Å². The van der Waals surface area contributed by atoms with Gasteiger partial charge in [0.25, 0.3) is 0 Å². The van der Waals surface area contributed by atoms with Crippen molar-refractivity contribution in [1.82, 2.24) is 4.98 Å². The predicted molar refractivity (Wildman–Crippen MR) is 87.9 cm³/mol. The molecule has 3 aromatic rings. The van der Waals surface area contributed by atoms with E-state index in [0.29, 0.717) is 6.61 Å². The summed E-state index contributed by atoms with van der Waals surface area (Å²) in [6.45, 7) is 2.65. The maximum atomic E-state index is 5.57. The van der Waals surface area contributed by atoms with Crippen LogP contribution < -0.4 is 10.1 Å². The van der Waals surface area contributed by atoms with E-state index in [-0.39, 0.29) is 0 Å². The third-order valence-corrected chi connectivity index (χ3v) is 3.43. The van der Waals surface area contributed by atoms with Crippen LogP contribution >= 0.6 is 0 Å². The van der Waals surface area contributed by atoms with Crippen molar-refractivity contribution < 1.29 is 4.74 Å². The maximum absolute atomic E-state index is 5.57. The van der Waals surface area contributed by atoms with Gasteiger partial charge in [-0.1, -0.05) is 30.3 Å². The van der Waals surface area contributed by atoms with Crippen LogP contribution in [0.2, 0.25) is 0 Å². The van der Waals surface area contributed by atoms with Gasteiger partial charge in [-0.05, 0) is 31.2 Å². The molecule has 21 heavy (non-hydrogen) atoms. The Bertz CT molecular complexity index is 754. The number of benzene rings is 2. The minimum absolute atomic E-state index is 0.663. The highest BCUT2D eigenvalue weighted by Gasteiger charge is 2.07. The average Bonchev–Trinajstić information content (AvgIpc) is 2.55. The molecule has 0 atom stereocenters. The van der Waals surface area contributed by atoms with Gasteiger partial charge in [0.2, 0.25) is 0 Å². The average molecular weight is 278 g/mol. The van der Waals surface area contributed by atoms with Crippen molar-refractivity contribution in [1.29, 1.82) is 0 Å². The summed E-state index contributed by atoms with van der Waals surface area (Å²) in [5.74, 6) is 0.871. The first-order chi connectivity index (χ1) is 10.3. The number of pyridine rings is 1. The van der Waals surface area contributed by atoms with E-state index >= 15 is 0 Å². The summed E-state index contributed by atoms with van der Waals surface area (Å²) < 4.78 is 5.57. The minimum Gasteiger partial charge on any atom is -0.494 e. The number of hydrogen-bond donors (Lipinski definition) is 1. The monoisotopic (exact) mass is 278 g/mol. The van der Waals surface area contributed by atoms with Crippen LogP contribution in [-0.4, -0.2) is 18.6 Å². The number of aromatic nitrogens is 1. The number of fused-ring (bicyclic) bond motifs is 1. The van der Waals surface area contributed by atoms with E-state index in [2.05, 4.69) is 23.5 Å². The van der Waals surface area contributed by atoms with Gasteiger partial charge in [0.15, 0.2) is 0 Å². The molecule has 0 spiro atoms. The Morgan fingerprint density at radius 3 is 2.57 bits per heavy atom. The first-order valence-electron chi connectivity index (χ1n) is 7.12. The molecule has 0 bridgehead atoms. The number of rotatable bonds is 4. The van der Waals surface area contributed by atoms with Gasteiger partial charge in [0.05, 0.1) is 17.8 Å². The van der Waals surface area contributed by atoms with E-state index in [0.717, 1.165) is 33.6 Å². The normalized spacial score (nSPS) is 10.6. The zero-order valence-corrected chi connectivity index (χ0v) is 12.3. The highest BCUT2D eigenvalue weighted by atomic mass is 16.5. The van der Waals surface area contributed by atoms with Crippen LogP contribution in [0.3, 0.4) is 0 Å². The van der Waals surface area contributed by atoms with Crippen molar-refractivity contribution in [2.75, 3.05) is 19.0 Å². The van der Waals surface area contributed by atoms with Gasteiger partial charge in [0, 0.05) is 23.7 Å². The Labute approximate surface area is 124 Å². The summed E-state index contributed by atoms with van der Waals surface area (Å²) in [6, 6.07) is 18.3. The van der Waals surface area contributed by atoms with Gasteiger partial charge in [0.1, 0.15) is 5.75 Å². The topological polar surface area (TPSA) is 34.1 Å². The molecule has 106 valence electrons. The van der Waals surface area contributed by atoms with E-state index < -0.39 is 0 Å². The summed E-state index contributed by atoms with van der Waals surface area (Å²) in [5.41, 5.74) is 4.10. The van der Waals surface area contributed by atoms with Gasteiger partial charge in [-0.25, -0.2) is 4.98 Å². The van der Waals surface area contributed by atoms with Crippen molar-refractivity contribution in [3.05, 3.63) is 54.6 Å². The van der Waals surface area contributed by atoms with Crippen molar-refractivity contribution in [2.24, 2.45) is 0 Å². The highest BCUT2D eigenvalue weighted by Crippen LogP contribution is 2.30. The van der Waals surface area contributed by atoms with Crippen LogP contribution in [0, 0.1) is 0 Å². The molecule has 1 N–H and O–H groups in total. The van der Waals surface area contributed by atoms with Gasteiger partial charge in [-0.15, -0.1) is 0 Å². The second kappa shape index (κ2) is 5.83. The van der Waals surface area contributed by atoms with Gasteiger partial charge < -0.3 is 10.1 Å². The molecule has 0 saturated carbocycles. The molecule has 0 aliphatic carbocycles. The van der Waals surface area contributed by atoms with Crippen molar-refractivity contribution >= 4 is 16.6 Å². The molecule has 0 unspecified atom stereocenters. The lowest BCUT2D eigenvalue weighted by Crippen LogP contribution is -1.96. The molecule has 1 heterocycles. The lowest BCUT2D eigenvalue weighted by Gasteiger charge is -2.11. The lowest BCUT2D eigenvalue weighted by atomic mass is 10.1. The molecular formula is C18H18N2O. The molecule has 3 heteroatoms. The summed E-state index contributed by atoms with van der Waals surface area (Å²) >= 11 is 0. The molecule has 0 aliphatic rings. The van der Waals surface area contributed by atoms with E-state index in [9.17, 15) is 0 Å². The zero-order valence-electron chi connectivity index (χ0n) is 12.3. The fourth-order valence-corrected chi connectivity index (χ4v) is 2.42. The first kappa shape index (κ1) is 13.4.